The van der Waals surface area contributed by atoms with E-state index in [-0.39, 0.29) is 40.8 Å². The van der Waals surface area contributed by atoms with Crippen molar-refractivity contribution in [2.45, 2.75) is 0 Å². The highest BCUT2D eigenvalue weighted by atomic mass is 35.5. The van der Waals surface area contributed by atoms with Gasteiger partial charge < -0.3 is 25.3 Å². The smallest absolute Gasteiger partial charge is 0.316 e. The van der Waals surface area contributed by atoms with Crippen molar-refractivity contribution in [1.82, 2.24) is 0 Å². The first-order valence-corrected chi connectivity index (χ1v) is 9.08. The monoisotopic (exact) mass is 434 g/mol. The lowest BCUT2D eigenvalue weighted by Crippen LogP contribution is -2.20. The van der Waals surface area contributed by atoms with Gasteiger partial charge in [0.05, 0.1) is 11.6 Å². The number of fused-ring (bicyclic) bond motifs is 1. The molecule has 0 saturated carbocycles. The summed E-state index contributed by atoms with van der Waals surface area (Å²) in [5.41, 5.74) is 6.31. The number of hydrogen-bond donors (Lipinski definition) is 3. The second kappa shape index (κ2) is 8.57. The molecule has 3 aromatic rings. The van der Waals surface area contributed by atoms with Gasteiger partial charge in [0.2, 0.25) is 5.78 Å². The third kappa shape index (κ3) is 4.54. The molecule has 0 spiro atoms. The number of ketones is 1. The molecule has 9 heteroatoms. The molecule has 7 nitrogen and oxygen atoms in total. The van der Waals surface area contributed by atoms with Crippen LogP contribution in [0.15, 0.2) is 53.0 Å². The Morgan fingerprint density at radius 3 is 2.62 bits per heavy atom. The lowest BCUT2D eigenvalue weighted by Gasteiger charge is -2.06. The summed E-state index contributed by atoms with van der Waals surface area (Å²) in [4.78, 5) is 24.5. The van der Waals surface area contributed by atoms with Crippen LogP contribution in [0, 0.1) is 0 Å². The number of urea groups is 1. The number of rotatable bonds is 7. The fraction of sp³-hybridized carbons (Fsp3) is 0.100. The van der Waals surface area contributed by atoms with E-state index >= 15 is 0 Å². The van der Waals surface area contributed by atoms with E-state index in [4.69, 9.17) is 43.2 Å². The molecular weight excluding hydrogens is 419 g/mol. The van der Waals surface area contributed by atoms with Crippen molar-refractivity contribution >= 4 is 51.7 Å². The van der Waals surface area contributed by atoms with Gasteiger partial charge in [0, 0.05) is 22.0 Å². The number of amides is 2. The normalized spacial score (nSPS) is 10.7. The highest BCUT2D eigenvalue weighted by molar-refractivity contribution is 6.37. The van der Waals surface area contributed by atoms with Crippen LogP contribution in [0.3, 0.4) is 0 Å². The van der Waals surface area contributed by atoms with Crippen molar-refractivity contribution in [2.24, 2.45) is 5.73 Å². The van der Waals surface area contributed by atoms with Crippen molar-refractivity contribution in [1.29, 1.82) is 0 Å². The van der Waals surface area contributed by atoms with Crippen molar-refractivity contribution in [3.63, 3.8) is 0 Å². The van der Waals surface area contributed by atoms with Crippen LogP contribution in [-0.4, -0.2) is 30.1 Å². The zero-order chi connectivity index (χ0) is 21.1. The van der Waals surface area contributed by atoms with Crippen LogP contribution >= 0.6 is 23.2 Å². The Labute approximate surface area is 175 Å². The molecule has 0 aliphatic carbocycles. The molecule has 2 aromatic carbocycles. The number of halogens is 2. The Hall–Kier alpha value is -3.00. The molecule has 3 rings (SSSR count). The second-order valence-corrected chi connectivity index (χ2v) is 6.95. The average Bonchev–Trinajstić information content (AvgIpc) is 3.02. The van der Waals surface area contributed by atoms with Crippen LogP contribution in [0.4, 0.5) is 10.5 Å². The molecule has 0 bridgehead atoms. The summed E-state index contributed by atoms with van der Waals surface area (Å²) >= 11 is 12.0. The highest BCUT2D eigenvalue weighted by Gasteiger charge is 2.25. The molecule has 0 unspecified atom stereocenters. The minimum atomic E-state index is -0.858. The van der Waals surface area contributed by atoms with E-state index in [9.17, 15) is 9.59 Å². The van der Waals surface area contributed by atoms with Crippen LogP contribution in [0.1, 0.15) is 16.1 Å². The predicted octanol–water partition coefficient (Wildman–Crippen LogP) is 4.39. The molecule has 0 aliphatic heterocycles. The summed E-state index contributed by atoms with van der Waals surface area (Å²) in [7, 11) is 0. The Morgan fingerprint density at radius 1 is 1.21 bits per heavy atom. The van der Waals surface area contributed by atoms with Crippen molar-refractivity contribution < 1.29 is 23.8 Å². The number of carbonyl (C=O) groups excluding carboxylic acids is 2. The molecule has 0 fully saturated rings. The Balaban J connectivity index is 2.06. The highest BCUT2D eigenvalue weighted by Crippen LogP contribution is 2.36. The maximum absolute atomic E-state index is 13.0. The maximum atomic E-state index is 13.0. The molecule has 0 saturated heterocycles. The van der Waals surface area contributed by atoms with Gasteiger partial charge in [-0.3, -0.25) is 4.79 Å². The number of nitrogens with one attached hydrogen (secondary N) is 1. The molecule has 4 N–H and O–H groups in total. The SMILES string of the molecule is C=C(CO)COc1ccc2c(NC(N)=O)c(C(=O)c3ccc(Cl)cc3Cl)oc2c1. The van der Waals surface area contributed by atoms with Gasteiger partial charge in [0.1, 0.15) is 23.6 Å². The van der Waals surface area contributed by atoms with E-state index in [0.717, 1.165) is 0 Å². The first-order valence-electron chi connectivity index (χ1n) is 8.33. The predicted molar refractivity (Wildman–Crippen MR) is 111 cm³/mol. The minimum absolute atomic E-state index is 0.112. The summed E-state index contributed by atoms with van der Waals surface area (Å²) in [5, 5.41) is 12.4. The quantitative estimate of drug-likeness (QED) is 0.376. The third-order valence-electron chi connectivity index (χ3n) is 3.96. The van der Waals surface area contributed by atoms with Crippen LogP contribution in [0.25, 0.3) is 11.0 Å². The number of nitrogens with two attached hydrogens (primary N) is 1. The Kier molecular flexibility index (Phi) is 6.12. The van der Waals surface area contributed by atoms with Crippen LogP contribution in [0.2, 0.25) is 10.0 Å². The Morgan fingerprint density at radius 2 is 1.97 bits per heavy atom. The van der Waals surface area contributed by atoms with Gasteiger partial charge in [-0.15, -0.1) is 0 Å². The molecule has 150 valence electrons. The first-order chi connectivity index (χ1) is 13.8. The van der Waals surface area contributed by atoms with E-state index in [1.54, 1.807) is 18.2 Å². The summed E-state index contributed by atoms with van der Waals surface area (Å²) < 4.78 is 11.2. The third-order valence-corrected chi connectivity index (χ3v) is 4.51. The van der Waals surface area contributed by atoms with E-state index in [0.29, 0.717) is 21.7 Å². The topological polar surface area (TPSA) is 115 Å². The first kappa shape index (κ1) is 20.7. The van der Waals surface area contributed by atoms with Crippen molar-refractivity contribution in [3.8, 4) is 5.75 Å². The number of aliphatic hydroxyl groups excluding tert-OH is 1. The molecular formula is C20H16Cl2N2O5. The maximum Gasteiger partial charge on any atom is 0.316 e. The number of ether oxygens (including phenoxy) is 1. The van der Waals surface area contributed by atoms with Gasteiger partial charge in [-0.1, -0.05) is 29.8 Å². The molecule has 1 heterocycles. The van der Waals surface area contributed by atoms with Gasteiger partial charge in [-0.25, -0.2) is 4.79 Å². The fourth-order valence-electron chi connectivity index (χ4n) is 2.60. The number of carbonyl (C=O) groups is 2. The number of benzene rings is 2. The van der Waals surface area contributed by atoms with Gasteiger partial charge in [-0.2, -0.15) is 0 Å². The van der Waals surface area contributed by atoms with Gasteiger partial charge in [0.25, 0.3) is 0 Å². The molecule has 1 aromatic heterocycles. The van der Waals surface area contributed by atoms with Gasteiger partial charge in [0.15, 0.2) is 5.76 Å². The molecule has 0 aliphatic rings. The number of anilines is 1. The molecule has 2 amide bonds. The summed E-state index contributed by atoms with van der Waals surface area (Å²) in [6.07, 6.45) is 0. The zero-order valence-electron chi connectivity index (χ0n) is 15.0. The Bertz CT molecular complexity index is 1120. The van der Waals surface area contributed by atoms with Crippen molar-refractivity contribution in [3.05, 3.63) is 69.9 Å². The minimum Gasteiger partial charge on any atom is -0.489 e. The van der Waals surface area contributed by atoms with Crippen LogP contribution in [-0.2, 0) is 0 Å². The summed E-state index contributed by atoms with van der Waals surface area (Å²) in [6.45, 7) is 3.56. The summed E-state index contributed by atoms with van der Waals surface area (Å²) in [5.74, 6) is -0.266. The molecule has 0 atom stereocenters. The van der Waals surface area contributed by atoms with Crippen molar-refractivity contribution in [2.75, 3.05) is 18.5 Å². The van der Waals surface area contributed by atoms with Crippen LogP contribution in [0.5, 0.6) is 5.75 Å². The van der Waals surface area contributed by atoms with Crippen LogP contribution < -0.4 is 15.8 Å². The number of primary amides is 1. The molecule has 29 heavy (non-hydrogen) atoms. The average molecular weight is 435 g/mol. The fourth-order valence-corrected chi connectivity index (χ4v) is 3.10. The number of aliphatic hydroxyl groups is 1. The van der Waals surface area contributed by atoms with Gasteiger partial charge >= 0.3 is 6.03 Å². The second-order valence-electron chi connectivity index (χ2n) is 6.10. The van der Waals surface area contributed by atoms with Gasteiger partial charge in [-0.05, 0) is 35.9 Å². The van der Waals surface area contributed by atoms with E-state index in [1.165, 1.54) is 18.2 Å². The standard InChI is InChI=1S/C20H16Cl2N2O5/c1-10(8-25)9-28-12-3-5-14-16(7-12)29-19(17(14)24-20(23)27)18(26)13-4-2-11(21)6-15(13)22/h2-7,25H,1,8-9H2,(H3,23,24,27). The van der Waals surface area contributed by atoms with E-state index in [1.807, 2.05) is 0 Å². The lowest BCUT2D eigenvalue weighted by atomic mass is 10.1. The lowest BCUT2D eigenvalue weighted by molar-refractivity contribution is 0.101. The van der Waals surface area contributed by atoms with E-state index in [2.05, 4.69) is 11.9 Å². The molecule has 0 radical (unpaired) electrons. The zero-order valence-corrected chi connectivity index (χ0v) is 16.5. The van der Waals surface area contributed by atoms with E-state index < -0.39 is 11.8 Å². The summed E-state index contributed by atoms with van der Waals surface area (Å²) in [6, 6.07) is 8.34. The number of furan rings is 1. The number of hydrogen-bond acceptors (Lipinski definition) is 5. The largest absolute Gasteiger partial charge is 0.489 e.